The predicted octanol–water partition coefficient (Wildman–Crippen LogP) is 1.19. The molecule has 0 atom stereocenters. The van der Waals surface area contributed by atoms with Gasteiger partial charge in [0.25, 0.3) is 0 Å². The molecule has 1 aromatic heterocycles. The number of halogens is 1. The number of carbonyl (C=O) groups is 1. The first-order valence-corrected chi connectivity index (χ1v) is 7.83. The number of rotatable bonds is 4. The second-order valence-corrected chi connectivity index (χ2v) is 6.49. The van der Waals surface area contributed by atoms with Gasteiger partial charge in [-0.25, -0.2) is 4.98 Å². The second-order valence-electron chi connectivity index (χ2n) is 4.46. The number of aromatic nitrogens is 1. The summed E-state index contributed by atoms with van der Waals surface area (Å²) in [4.78, 5) is 14.6. The highest BCUT2D eigenvalue weighted by Crippen LogP contribution is 2.23. The van der Waals surface area contributed by atoms with Crippen molar-refractivity contribution in [1.82, 2.24) is 9.29 Å². The summed E-state index contributed by atoms with van der Waals surface area (Å²) in [6.07, 6.45) is 2.06. The van der Waals surface area contributed by atoms with Gasteiger partial charge in [-0.3, -0.25) is 9.52 Å². The number of hydrogen-bond donors (Lipinski definition) is 2. The molecule has 1 fully saturated rings. The number of hydrogen-bond acceptors (Lipinski definition) is 4. The van der Waals surface area contributed by atoms with Gasteiger partial charge in [0.15, 0.2) is 5.15 Å². The highest BCUT2D eigenvalue weighted by Gasteiger charge is 2.31. The molecule has 0 unspecified atom stereocenters. The second kappa shape index (κ2) is 5.94. The van der Waals surface area contributed by atoms with Crippen LogP contribution in [0.3, 0.4) is 0 Å². The largest absolute Gasteiger partial charge is 0.481 e. The summed E-state index contributed by atoms with van der Waals surface area (Å²) in [5.41, 5.74) is 0.203. The van der Waals surface area contributed by atoms with Crippen molar-refractivity contribution < 1.29 is 18.3 Å². The molecule has 0 saturated carbocycles. The molecule has 0 aromatic carbocycles. The SMILES string of the molecule is O=C(O)C1CCN(S(=O)(=O)Nc2cccnc2Cl)CC1. The third kappa shape index (κ3) is 3.38. The van der Waals surface area contributed by atoms with Crippen LogP contribution in [0.4, 0.5) is 5.69 Å². The normalized spacial score (nSPS) is 17.9. The molecule has 0 spiro atoms. The van der Waals surface area contributed by atoms with Gasteiger partial charge in [-0.15, -0.1) is 0 Å². The zero-order valence-corrected chi connectivity index (χ0v) is 12.1. The Morgan fingerprint density at radius 3 is 2.65 bits per heavy atom. The average Bonchev–Trinajstić information content (AvgIpc) is 2.41. The lowest BCUT2D eigenvalue weighted by Gasteiger charge is -2.29. The van der Waals surface area contributed by atoms with Crippen molar-refractivity contribution in [3.8, 4) is 0 Å². The van der Waals surface area contributed by atoms with Gasteiger partial charge in [0.2, 0.25) is 0 Å². The van der Waals surface area contributed by atoms with Gasteiger partial charge in [0, 0.05) is 19.3 Å². The van der Waals surface area contributed by atoms with Crippen LogP contribution in [0, 0.1) is 5.92 Å². The number of pyridine rings is 1. The zero-order chi connectivity index (χ0) is 14.8. The van der Waals surface area contributed by atoms with E-state index in [9.17, 15) is 13.2 Å². The first kappa shape index (κ1) is 15.0. The van der Waals surface area contributed by atoms with Gasteiger partial charge in [0.1, 0.15) is 0 Å². The summed E-state index contributed by atoms with van der Waals surface area (Å²) < 4.78 is 27.9. The molecular weight excluding hydrogens is 306 g/mol. The van der Waals surface area contributed by atoms with Crippen LogP contribution >= 0.6 is 11.6 Å². The van der Waals surface area contributed by atoms with Crippen LogP contribution in [0.25, 0.3) is 0 Å². The number of aliphatic carboxylic acids is 1. The number of piperidine rings is 1. The van der Waals surface area contributed by atoms with Crippen LogP contribution < -0.4 is 4.72 Å². The van der Waals surface area contributed by atoms with Gasteiger partial charge >= 0.3 is 16.2 Å². The molecule has 9 heteroatoms. The third-order valence-electron chi connectivity index (χ3n) is 3.14. The zero-order valence-electron chi connectivity index (χ0n) is 10.5. The molecule has 7 nitrogen and oxygen atoms in total. The maximum atomic E-state index is 12.2. The molecule has 2 heterocycles. The quantitative estimate of drug-likeness (QED) is 0.812. The number of nitrogens with zero attached hydrogens (tertiary/aromatic N) is 2. The number of carboxylic acid groups (broad SMARTS) is 1. The van der Waals surface area contributed by atoms with E-state index in [2.05, 4.69) is 9.71 Å². The Bertz CT molecular complexity index is 599. The Hall–Kier alpha value is -1.38. The maximum absolute atomic E-state index is 12.2. The Balaban J connectivity index is 2.05. The smallest absolute Gasteiger partial charge is 0.306 e. The fraction of sp³-hybridized carbons (Fsp3) is 0.455. The van der Waals surface area contributed by atoms with Crippen LogP contribution in [0.5, 0.6) is 0 Å². The standard InChI is InChI=1S/C11H14ClN3O4S/c12-10-9(2-1-5-13-10)14-20(18,19)15-6-3-8(4-7-15)11(16)17/h1-2,5,8,14H,3-4,6-7H2,(H,16,17). The average molecular weight is 320 g/mol. The molecule has 110 valence electrons. The molecule has 0 bridgehead atoms. The van der Waals surface area contributed by atoms with Crippen molar-refractivity contribution in [2.75, 3.05) is 17.8 Å². The van der Waals surface area contributed by atoms with E-state index >= 15 is 0 Å². The Morgan fingerprint density at radius 2 is 2.10 bits per heavy atom. The van der Waals surface area contributed by atoms with Gasteiger partial charge in [-0.2, -0.15) is 12.7 Å². The van der Waals surface area contributed by atoms with Crippen molar-refractivity contribution in [3.05, 3.63) is 23.5 Å². The Kier molecular flexibility index (Phi) is 4.46. The molecule has 0 aliphatic carbocycles. The minimum absolute atomic E-state index is 0.0662. The highest BCUT2D eigenvalue weighted by atomic mass is 35.5. The lowest BCUT2D eigenvalue weighted by molar-refractivity contribution is -0.142. The summed E-state index contributed by atoms with van der Waals surface area (Å²) in [5, 5.41) is 8.96. The summed E-state index contributed by atoms with van der Waals surface area (Å²) in [6, 6.07) is 3.08. The van der Waals surface area contributed by atoms with Crippen molar-refractivity contribution in [2.45, 2.75) is 12.8 Å². The highest BCUT2D eigenvalue weighted by molar-refractivity contribution is 7.90. The lowest BCUT2D eigenvalue weighted by atomic mass is 9.99. The molecule has 2 rings (SSSR count). The molecule has 0 radical (unpaired) electrons. The van der Waals surface area contributed by atoms with Crippen molar-refractivity contribution in [1.29, 1.82) is 0 Å². The van der Waals surface area contributed by atoms with Crippen LogP contribution in [-0.4, -0.2) is 41.9 Å². The Morgan fingerprint density at radius 1 is 1.45 bits per heavy atom. The van der Waals surface area contributed by atoms with Crippen LogP contribution in [-0.2, 0) is 15.0 Å². The van der Waals surface area contributed by atoms with Crippen LogP contribution in [0.1, 0.15) is 12.8 Å². The Labute approximate surface area is 121 Å². The van der Waals surface area contributed by atoms with Gasteiger partial charge in [-0.1, -0.05) is 11.6 Å². The number of carboxylic acids is 1. The van der Waals surface area contributed by atoms with E-state index in [-0.39, 0.29) is 23.9 Å². The van der Waals surface area contributed by atoms with Gasteiger partial charge < -0.3 is 5.11 Å². The summed E-state index contributed by atoms with van der Waals surface area (Å²) in [7, 11) is -3.74. The molecule has 1 saturated heterocycles. The summed E-state index contributed by atoms with van der Waals surface area (Å²) in [6.45, 7) is 0.342. The number of nitrogens with one attached hydrogen (secondary N) is 1. The minimum atomic E-state index is -3.74. The first-order chi connectivity index (χ1) is 9.40. The summed E-state index contributed by atoms with van der Waals surface area (Å²) >= 11 is 5.80. The van der Waals surface area contributed by atoms with Crippen molar-refractivity contribution in [3.63, 3.8) is 0 Å². The summed E-state index contributed by atoms with van der Waals surface area (Å²) in [5.74, 6) is -1.37. The fourth-order valence-electron chi connectivity index (χ4n) is 2.01. The van der Waals surface area contributed by atoms with Crippen LogP contribution in [0.2, 0.25) is 5.15 Å². The van der Waals surface area contributed by atoms with Gasteiger partial charge in [-0.05, 0) is 25.0 Å². The molecule has 1 aliphatic heterocycles. The van der Waals surface area contributed by atoms with Crippen LogP contribution in [0.15, 0.2) is 18.3 Å². The molecular formula is C11H14ClN3O4S. The lowest BCUT2D eigenvalue weighted by Crippen LogP contribution is -2.43. The molecule has 1 aromatic rings. The van der Waals surface area contributed by atoms with E-state index in [1.807, 2.05) is 0 Å². The predicted molar refractivity (Wildman–Crippen MR) is 73.7 cm³/mol. The van der Waals surface area contributed by atoms with E-state index in [1.165, 1.54) is 16.6 Å². The molecule has 20 heavy (non-hydrogen) atoms. The first-order valence-electron chi connectivity index (χ1n) is 6.01. The molecule has 2 N–H and O–H groups in total. The van der Waals surface area contributed by atoms with Crippen molar-refractivity contribution in [2.24, 2.45) is 5.92 Å². The van der Waals surface area contributed by atoms with E-state index in [0.29, 0.717) is 12.8 Å². The third-order valence-corrected chi connectivity index (χ3v) is 4.97. The molecule has 0 amide bonds. The van der Waals surface area contributed by atoms with E-state index in [1.54, 1.807) is 6.07 Å². The monoisotopic (exact) mass is 319 g/mol. The van der Waals surface area contributed by atoms with Gasteiger partial charge in [0.05, 0.1) is 11.6 Å². The maximum Gasteiger partial charge on any atom is 0.306 e. The van der Waals surface area contributed by atoms with E-state index in [0.717, 1.165) is 0 Å². The van der Waals surface area contributed by atoms with E-state index < -0.39 is 22.1 Å². The van der Waals surface area contributed by atoms with Crippen molar-refractivity contribution >= 4 is 33.5 Å². The molecule has 1 aliphatic rings. The topological polar surface area (TPSA) is 99.6 Å². The van der Waals surface area contributed by atoms with E-state index in [4.69, 9.17) is 16.7 Å². The fourth-order valence-corrected chi connectivity index (χ4v) is 3.49. The minimum Gasteiger partial charge on any atom is -0.481 e. The number of anilines is 1.